The molecule has 0 aliphatic carbocycles. The zero-order chi connectivity index (χ0) is 20.0. The van der Waals surface area contributed by atoms with Crippen molar-refractivity contribution < 1.29 is 8.42 Å². The number of hydrogen-bond donors (Lipinski definition) is 2. The van der Waals surface area contributed by atoms with E-state index >= 15 is 0 Å². The number of rotatable bonds is 8. The summed E-state index contributed by atoms with van der Waals surface area (Å²) in [5.74, 6) is 1.42. The smallest absolute Gasteiger partial charge is 0.232 e. The molecular weight excluding hydrogens is 372 g/mol. The molecule has 3 rings (SSSR count). The first-order valence-electron chi connectivity index (χ1n) is 9.24. The van der Waals surface area contributed by atoms with Gasteiger partial charge in [0, 0.05) is 17.3 Å². The molecule has 2 aromatic carbocycles. The van der Waals surface area contributed by atoms with Crippen LogP contribution in [-0.2, 0) is 10.0 Å². The van der Waals surface area contributed by atoms with Gasteiger partial charge >= 0.3 is 0 Å². The highest BCUT2D eigenvalue weighted by molar-refractivity contribution is 7.92. The van der Waals surface area contributed by atoms with Crippen molar-refractivity contribution in [3.63, 3.8) is 0 Å². The molecule has 0 saturated heterocycles. The molecule has 28 heavy (non-hydrogen) atoms. The van der Waals surface area contributed by atoms with Crippen LogP contribution in [0.2, 0.25) is 0 Å². The molecule has 0 spiro atoms. The zero-order valence-corrected chi connectivity index (χ0v) is 16.8. The van der Waals surface area contributed by atoms with Gasteiger partial charge in [-0.2, -0.15) is 0 Å². The number of nitrogens with zero attached hydrogens (tertiary/aromatic N) is 2. The highest BCUT2D eigenvalue weighted by Gasteiger charge is 2.10. The van der Waals surface area contributed by atoms with Crippen LogP contribution in [0.5, 0.6) is 0 Å². The molecule has 0 atom stereocenters. The highest BCUT2D eigenvalue weighted by Crippen LogP contribution is 2.24. The van der Waals surface area contributed by atoms with Crippen LogP contribution < -0.4 is 10.0 Å². The number of hydrogen-bond acceptors (Lipinski definition) is 5. The molecule has 0 unspecified atom stereocenters. The van der Waals surface area contributed by atoms with Gasteiger partial charge < -0.3 is 5.32 Å². The molecule has 0 aliphatic heterocycles. The maximum Gasteiger partial charge on any atom is 0.232 e. The van der Waals surface area contributed by atoms with Crippen LogP contribution in [0.1, 0.15) is 25.6 Å². The summed E-state index contributed by atoms with van der Waals surface area (Å²) in [6.45, 7) is 3.81. The summed E-state index contributed by atoms with van der Waals surface area (Å²) < 4.78 is 26.9. The van der Waals surface area contributed by atoms with E-state index in [4.69, 9.17) is 0 Å². The van der Waals surface area contributed by atoms with E-state index in [2.05, 4.69) is 20.0 Å². The Morgan fingerprint density at radius 3 is 2.43 bits per heavy atom. The van der Waals surface area contributed by atoms with Crippen molar-refractivity contribution in [3.8, 4) is 11.3 Å². The van der Waals surface area contributed by atoms with E-state index in [1.165, 1.54) is 0 Å². The molecule has 0 fully saturated rings. The van der Waals surface area contributed by atoms with Crippen LogP contribution in [0.15, 0.2) is 60.7 Å². The molecule has 1 heterocycles. The van der Waals surface area contributed by atoms with Crippen molar-refractivity contribution in [1.82, 2.24) is 9.97 Å². The lowest BCUT2D eigenvalue weighted by molar-refractivity contribution is 0.598. The maximum absolute atomic E-state index is 12.1. The van der Waals surface area contributed by atoms with Gasteiger partial charge in [-0.25, -0.2) is 18.4 Å². The van der Waals surface area contributed by atoms with E-state index in [1.54, 1.807) is 18.2 Å². The maximum atomic E-state index is 12.1. The van der Waals surface area contributed by atoms with Crippen molar-refractivity contribution in [2.45, 2.75) is 26.7 Å². The predicted octanol–water partition coefficient (Wildman–Crippen LogP) is 4.74. The quantitative estimate of drug-likeness (QED) is 0.575. The van der Waals surface area contributed by atoms with Gasteiger partial charge in [-0.15, -0.1) is 0 Å². The summed E-state index contributed by atoms with van der Waals surface area (Å²) in [5.41, 5.74) is 3.10. The molecule has 0 bridgehead atoms. The Bertz CT molecular complexity index is 1040. The standard InChI is InChI=1S/C21H24N4O2S/c1-3-4-13-28(26,27)25-19-12-8-11-18(14-19)24-21-15-20(22-16(2)23-21)17-9-6-5-7-10-17/h5-12,14-15,25H,3-4,13H2,1-2H3,(H,22,23,24). The van der Waals surface area contributed by atoms with Crippen LogP contribution in [0.4, 0.5) is 17.2 Å². The van der Waals surface area contributed by atoms with E-state index in [9.17, 15) is 8.42 Å². The average molecular weight is 397 g/mol. The fourth-order valence-electron chi connectivity index (χ4n) is 2.76. The highest BCUT2D eigenvalue weighted by atomic mass is 32.2. The third kappa shape index (κ3) is 5.53. The number of aromatic nitrogens is 2. The number of sulfonamides is 1. The fraction of sp³-hybridized carbons (Fsp3) is 0.238. The minimum atomic E-state index is -3.34. The first-order chi connectivity index (χ1) is 13.4. The predicted molar refractivity (Wildman–Crippen MR) is 114 cm³/mol. The van der Waals surface area contributed by atoms with Crippen LogP contribution >= 0.6 is 0 Å². The van der Waals surface area contributed by atoms with Crippen LogP contribution in [0.3, 0.4) is 0 Å². The van der Waals surface area contributed by atoms with Crippen LogP contribution in [0, 0.1) is 6.92 Å². The third-order valence-electron chi connectivity index (χ3n) is 4.08. The number of aryl methyl sites for hydroxylation is 1. The van der Waals surface area contributed by atoms with Crippen molar-refractivity contribution in [3.05, 3.63) is 66.5 Å². The Hall–Kier alpha value is -2.93. The van der Waals surface area contributed by atoms with Gasteiger partial charge in [-0.3, -0.25) is 4.72 Å². The second-order valence-corrected chi connectivity index (χ2v) is 8.37. The van der Waals surface area contributed by atoms with E-state index < -0.39 is 10.0 Å². The molecule has 0 saturated carbocycles. The SMILES string of the molecule is CCCCS(=O)(=O)Nc1cccc(Nc2cc(-c3ccccc3)nc(C)n2)c1. The first-order valence-corrected chi connectivity index (χ1v) is 10.9. The summed E-state index contributed by atoms with van der Waals surface area (Å²) in [6, 6.07) is 18.9. The van der Waals surface area contributed by atoms with Gasteiger partial charge in [0.15, 0.2) is 0 Å². The molecule has 0 aliphatic rings. The van der Waals surface area contributed by atoms with Crippen molar-refractivity contribution in [2.75, 3.05) is 15.8 Å². The van der Waals surface area contributed by atoms with Crippen molar-refractivity contribution in [2.24, 2.45) is 0 Å². The Balaban J connectivity index is 1.80. The molecule has 3 aromatic rings. The lowest BCUT2D eigenvalue weighted by Gasteiger charge is -2.11. The van der Waals surface area contributed by atoms with Gasteiger partial charge in [-0.05, 0) is 31.5 Å². The van der Waals surface area contributed by atoms with Gasteiger partial charge in [0.25, 0.3) is 0 Å². The Morgan fingerprint density at radius 1 is 0.929 bits per heavy atom. The molecule has 6 nitrogen and oxygen atoms in total. The Kier molecular flexibility index (Phi) is 6.26. The average Bonchev–Trinajstić information content (AvgIpc) is 2.66. The van der Waals surface area contributed by atoms with Gasteiger partial charge in [0.1, 0.15) is 11.6 Å². The Morgan fingerprint density at radius 2 is 1.68 bits per heavy atom. The summed E-state index contributed by atoms with van der Waals surface area (Å²) in [4.78, 5) is 8.94. The van der Waals surface area contributed by atoms with Crippen molar-refractivity contribution in [1.29, 1.82) is 0 Å². The van der Waals surface area contributed by atoms with Crippen LogP contribution in [0.25, 0.3) is 11.3 Å². The largest absolute Gasteiger partial charge is 0.340 e. The molecule has 0 radical (unpaired) electrons. The minimum absolute atomic E-state index is 0.118. The van der Waals surface area contributed by atoms with E-state index in [0.29, 0.717) is 23.8 Å². The second kappa shape index (κ2) is 8.84. The molecule has 0 amide bonds. The van der Waals surface area contributed by atoms with E-state index in [1.807, 2.05) is 56.3 Å². The molecule has 146 valence electrons. The molecule has 1 aromatic heterocycles. The third-order valence-corrected chi connectivity index (χ3v) is 5.46. The molecule has 2 N–H and O–H groups in total. The topological polar surface area (TPSA) is 84.0 Å². The van der Waals surface area contributed by atoms with Crippen LogP contribution in [-0.4, -0.2) is 24.1 Å². The summed E-state index contributed by atoms with van der Waals surface area (Å²) >= 11 is 0. The summed E-state index contributed by atoms with van der Waals surface area (Å²) in [6.07, 6.45) is 1.47. The number of anilines is 3. The first kappa shape index (κ1) is 19.8. The zero-order valence-electron chi connectivity index (χ0n) is 16.0. The fourth-order valence-corrected chi connectivity index (χ4v) is 4.02. The number of nitrogens with one attached hydrogen (secondary N) is 2. The van der Waals surface area contributed by atoms with E-state index in [0.717, 1.165) is 23.4 Å². The summed E-state index contributed by atoms with van der Waals surface area (Å²) in [7, 11) is -3.34. The summed E-state index contributed by atoms with van der Waals surface area (Å²) in [5, 5.41) is 3.24. The van der Waals surface area contributed by atoms with Gasteiger partial charge in [-0.1, -0.05) is 49.7 Å². The number of unbranched alkanes of at least 4 members (excludes halogenated alkanes) is 1. The normalized spacial score (nSPS) is 11.2. The van der Waals surface area contributed by atoms with E-state index in [-0.39, 0.29) is 5.75 Å². The number of benzene rings is 2. The van der Waals surface area contributed by atoms with Crippen molar-refractivity contribution >= 4 is 27.2 Å². The van der Waals surface area contributed by atoms with Gasteiger partial charge in [0.05, 0.1) is 17.1 Å². The van der Waals surface area contributed by atoms with Gasteiger partial charge in [0.2, 0.25) is 10.0 Å². The second-order valence-electron chi connectivity index (χ2n) is 6.53. The molecular formula is C21H24N4O2S. The minimum Gasteiger partial charge on any atom is -0.340 e. The Labute approximate surface area is 166 Å². The lowest BCUT2D eigenvalue weighted by Crippen LogP contribution is -2.16. The monoisotopic (exact) mass is 396 g/mol. The lowest BCUT2D eigenvalue weighted by atomic mass is 10.1. The molecule has 7 heteroatoms.